The predicted octanol–water partition coefficient (Wildman–Crippen LogP) is 5.85. The van der Waals surface area contributed by atoms with Crippen molar-refractivity contribution in [3.63, 3.8) is 0 Å². The van der Waals surface area contributed by atoms with Crippen molar-refractivity contribution in [2.45, 2.75) is 13.0 Å². The summed E-state index contributed by atoms with van der Waals surface area (Å²) in [5.41, 5.74) is 5.09. The first-order chi connectivity index (χ1) is 15.2. The largest absolute Gasteiger partial charge is 0.465 e. The van der Waals surface area contributed by atoms with Gasteiger partial charge >= 0.3 is 5.97 Å². The summed E-state index contributed by atoms with van der Waals surface area (Å²) >= 11 is 1.66. The van der Waals surface area contributed by atoms with Gasteiger partial charge in [0.25, 0.3) is 0 Å². The Labute approximate surface area is 186 Å². The summed E-state index contributed by atoms with van der Waals surface area (Å²) in [6.07, 6.45) is 0.932. The van der Waals surface area contributed by atoms with Crippen LogP contribution in [0.2, 0.25) is 0 Å². The van der Waals surface area contributed by atoms with E-state index in [1.165, 1.54) is 12.7 Å². The van der Waals surface area contributed by atoms with Gasteiger partial charge < -0.3 is 9.64 Å². The molecule has 0 saturated carbocycles. The molecule has 31 heavy (non-hydrogen) atoms. The van der Waals surface area contributed by atoms with Crippen LogP contribution in [0.15, 0.2) is 90.3 Å². The lowest BCUT2D eigenvalue weighted by Crippen LogP contribution is -2.25. The second-order valence-corrected chi connectivity index (χ2v) is 8.06. The summed E-state index contributed by atoms with van der Waals surface area (Å²) in [6, 6.07) is 28.3. The molecule has 156 valence electrons. The van der Waals surface area contributed by atoms with Gasteiger partial charge in [-0.1, -0.05) is 72.8 Å². The Morgan fingerprint density at radius 3 is 2.26 bits per heavy atom. The number of rotatable bonds is 8. The van der Waals surface area contributed by atoms with Crippen molar-refractivity contribution < 1.29 is 9.53 Å². The van der Waals surface area contributed by atoms with E-state index in [1.54, 1.807) is 11.3 Å². The van der Waals surface area contributed by atoms with Crippen LogP contribution < -0.4 is 4.90 Å². The second-order valence-electron chi connectivity index (χ2n) is 7.23. The van der Waals surface area contributed by atoms with Crippen LogP contribution in [-0.4, -0.2) is 24.6 Å². The minimum atomic E-state index is -0.320. The number of esters is 1. The van der Waals surface area contributed by atoms with Crippen LogP contribution in [0.4, 0.5) is 5.13 Å². The number of thiazole rings is 1. The molecule has 0 N–H and O–H groups in total. The van der Waals surface area contributed by atoms with Gasteiger partial charge in [0, 0.05) is 24.0 Å². The van der Waals surface area contributed by atoms with Crippen molar-refractivity contribution >= 4 is 22.4 Å². The highest BCUT2D eigenvalue weighted by molar-refractivity contribution is 7.14. The average Bonchev–Trinajstić information content (AvgIpc) is 3.33. The highest BCUT2D eigenvalue weighted by Gasteiger charge is 2.14. The molecule has 0 radical (unpaired) electrons. The van der Waals surface area contributed by atoms with E-state index in [2.05, 4.69) is 46.7 Å². The third-order valence-electron chi connectivity index (χ3n) is 5.09. The van der Waals surface area contributed by atoms with Crippen LogP contribution in [0, 0.1) is 0 Å². The van der Waals surface area contributed by atoms with Gasteiger partial charge in [0.1, 0.15) is 0 Å². The SMILES string of the molecule is COC(=O)c1ccc(CN(CCc2ccccc2)c2nc(-c3ccccc3)cs2)cc1. The molecule has 0 aliphatic rings. The molecule has 3 aromatic carbocycles. The average molecular weight is 429 g/mol. The lowest BCUT2D eigenvalue weighted by Gasteiger charge is -2.22. The minimum absolute atomic E-state index is 0.320. The maximum absolute atomic E-state index is 11.7. The van der Waals surface area contributed by atoms with Gasteiger partial charge in [0.2, 0.25) is 0 Å². The molecule has 1 heterocycles. The molecule has 0 amide bonds. The Balaban J connectivity index is 1.55. The Hall–Kier alpha value is -3.44. The number of anilines is 1. The fourth-order valence-electron chi connectivity index (χ4n) is 3.39. The third kappa shape index (κ3) is 5.38. The highest BCUT2D eigenvalue weighted by Crippen LogP contribution is 2.28. The molecular formula is C26H24N2O2S. The van der Waals surface area contributed by atoms with E-state index in [9.17, 15) is 4.79 Å². The molecule has 5 heteroatoms. The van der Waals surface area contributed by atoms with Crippen molar-refractivity contribution in [2.24, 2.45) is 0 Å². The monoisotopic (exact) mass is 428 g/mol. The third-order valence-corrected chi connectivity index (χ3v) is 6.00. The molecule has 0 bridgehead atoms. The Bertz CT molecular complexity index is 1110. The van der Waals surface area contributed by atoms with Crippen LogP contribution in [0.25, 0.3) is 11.3 Å². The molecule has 1 aromatic heterocycles. The standard InChI is InChI=1S/C26H24N2O2S/c1-30-25(29)23-14-12-21(13-15-23)18-28(17-16-20-8-4-2-5-9-20)26-27-24(19-31-26)22-10-6-3-7-11-22/h2-15,19H,16-18H2,1H3. The minimum Gasteiger partial charge on any atom is -0.465 e. The first-order valence-corrected chi connectivity index (χ1v) is 11.1. The summed E-state index contributed by atoms with van der Waals surface area (Å²) in [4.78, 5) is 18.9. The number of hydrogen-bond donors (Lipinski definition) is 0. The first kappa shape index (κ1) is 20.8. The lowest BCUT2D eigenvalue weighted by molar-refractivity contribution is 0.0600. The predicted molar refractivity (Wildman–Crippen MR) is 127 cm³/mol. The number of nitrogens with zero attached hydrogens (tertiary/aromatic N) is 2. The number of ether oxygens (including phenoxy) is 1. The zero-order valence-corrected chi connectivity index (χ0v) is 18.2. The van der Waals surface area contributed by atoms with Gasteiger partial charge in [-0.3, -0.25) is 0 Å². The van der Waals surface area contributed by atoms with Crippen molar-refractivity contribution in [1.82, 2.24) is 4.98 Å². The first-order valence-electron chi connectivity index (χ1n) is 10.2. The molecule has 0 aliphatic heterocycles. The number of hydrogen-bond acceptors (Lipinski definition) is 5. The van der Waals surface area contributed by atoms with Crippen LogP contribution in [0.5, 0.6) is 0 Å². The molecule has 0 unspecified atom stereocenters. The van der Waals surface area contributed by atoms with Crippen molar-refractivity contribution in [2.75, 3.05) is 18.6 Å². The quantitative estimate of drug-likeness (QED) is 0.330. The molecule has 0 saturated heterocycles. The van der Waals surface area contributed by atoms with Gasteiger partial charge in [-0.05, 0) is 29.7 Å². The van der Waals surface area contributed by atoms with E-state index < -0.39 is 0 Å². The van der Waals surface area contributed by atoms with Gasteiger partial charge in [-0.2, -0.15) is 0 Å². The van der Waals surface area contributed by atoms with Crippen LogP contribution in [0.3, 0.4) is 0 Å². The number of carbonyl (C=O) groups is 1. The van der Waals surface area contributed by atoms with E-state index in [0.717, 1.165) is 41.5 Å². The summed E-state index contributed by atoms with van der Waals surface area (Å²) < 4.78 is 4.80. The lowest BCUT2D eigenvalue weighted by atomic mass is 10.1. The van der Waals surface area contributed by atoms with E-state index >= 15 is 0 Å². The number of benzene rings is 3. The zero-order valence-electron chi connectivity index (χ0n) is 17.4. The van der Waals surface area contributed by atoms with Crippen LogP contribution >= 0.6 is 11.3 Å². The van der Waals surface area contributed by atoms with E-state index in [0.29, 0.717) is 5.56 Å². The maximum atomic E-state index is 11.7. The van der Waals surface area contributed by atoms with Gasteiger partial charge in [-0.15, -0.1) is 11.3 Å². The Morgan fingerprint density at radius 2 is 1.58 bits per heavy atom. The number of aromatic nitrogens is 1. The summed E-state index contributed by atoms with van der Waals surface area (Å²) in [6.45, 7) is 1.57. The van der Waals surface area contributed by atoms with Crippen molar-refractivity contribution in [3.05, 3.63) is 107 Å². The number of carbonyl (C=O) groups excluding carboxylic acids is 1. The van der Waals surface area contributed by atoms with Crippen molar-refractivity contribution in [3.8, 4) is 11.3 Å². The van der Waals surface area contributed by atoms with Gasteiger partial charge in [-0.25, -0.2) is 9.78 Å². The van der Waals surface area contributed by atoms with E-state index in [1.807, 2.05) is 48.5 Å². The Morgan fingerprint density at radius 1 is 0.903 bits per heavy atom. The molecule has 0 atom stereocenters. The highest BCUT2D eigenvalue weighted by atomic mass is 32.1. The fourth-order valence-corrected chi connectivity index (χ4v) is 4.25. The van der Waals surface area contributed by atoms with Crippen LogP contribution in [0.1, 0.15) is 21.5 Å². The second kappa shape index (κ2) is 10.0. The zero-order chi connectivity index (χ0) is 21.5. The van der Waals surface area contributed by atoms with E-state index in [-0.39, 0.29) is 5.97 Å². The number of methoxy groups -OCH3 is 1. The molecule has 0 aliphatic carbocycles. The Kier molecular flexibility index (Phi) is 6.75. The smallest absolute Gasteiger partial charge is 0.337 e. The van der Waals surface area contributed by atoms with Crippen molar-refractivity contribution in [1.29, 1.82) is 0 Å². The maximum Gasteiger partial charge on any atom is 0.337 e. The molecule has 0 fully saturated rings. The molecule has 4 nitrogen and oxygen atoms in total. The van der Waals surface area contributed by atoms with Gasteiger partial charge in [0.15, 0.2) is 5.13 Å². The molecule has 4 aromatic rings. The summed E-state index contributed by atoms with van der Waals surface area (Å²) in [5.74, 6) is -0.320. The normalized spacial score (nSPS) is 10.6. The van der Waals surface area contributed by atoms with E-state index in [4.69, 9.17) is 9.72 Å². The summed E-state index contributed by atoms with van der Waals surface area (Å²) in [5, 5.41) is 3.10. The topological polar surface area (TPSA) is 42.4 Å². The fraction of sp³-hybridized carbons (Fsp3) is 0.154. The molecule has 4 rings (SSSR count). The van der Waals surface area contributed by atoms with Crippen LogP contribution in [-0.2, 0) is 17.7 Å². The molecule has 0 spiro atoms. The molecular weight excluding hydrogens is 404 g/mol. The van der Waals surface area contributed by atoms with Gasteiger partial charge in [0.05, 0.1) is 18.4 Å². The summed E-state index contributed by atoms with van der Waals surface area (Å²) in [7, 11) is 1.40.